The summed E-state index contributed by atoms with van der Waals surface area (Å²) in [6, 6.07) is 3.02. The fourth-order valence-corrected chi connectivity index (χ4v) is 4.98. The van der Waals surface area contributed by atoms with E-state index in [4.69, 9.17) is 27.9 Å². The number of sulfonamides is 1. The highest BCUT2D eigenvalue weighted by Crippen LogP contribution is 2.34. The number of hydrogen-bond acceptors (Lipinski definition) is 3. The van der Waals surface area contributed by atoms with Crippen molar-refractivity contribution in [1.82, 2.24) is 4.31 Å². The molecule has 0 radical (unpaired) electrons. The Balaban J connectivity index is 3.14. The van der Waals surface area contributed by atoms with E-state index in [1.165, 1.54) is 16.4 Å². The van der Waals surface area contributed by atoms with Gasteiger partial charge in [-0.15, -0.1) is 0 Å². The van der Waals surface area contributed by atoms with Crippen molar-refractivity contribution in [3.8, 4) is 0 Å². The summed E-state index contributed by atoms with van der Waals surface area (Å²) < 4.78 is 32.3. The van der Waals surface area contributed by atoms with Crippen LogP contribution in [-0.4, -0.2) is 39.0 Å². The van der Waals surface area contributed by atoms with Crippen LogP contribution in [0.3, 0.4) is 0 Å². The van der Waals surface area contributed by atoms with E-state index in [1.807, 2.05) is 6.92 Å². The van der Waals surface area contributed by atoms with Crippen molar-refractivity contribution in [1.29, 1.82) is 0 Å². The molecule has 0 amide bonds. The second kappa shape index (κ2) is 7.96. The molecule has 0 atom stereocenters. The average molecular weight is 405 g/mol. The Bertz CT molecular complexity index is 543. The molecule has 114 valence electrons. The quantitative estimate of drug-likeness (QED) is 0.649. The van der Waals surface area contributed by atoms with Gasteiger partial charge in [-0.25, -0.2) is 8.42 Å². The van der Waals surface area contributed by atoms with E-state index in [0.29, 0.717) is 24.2 Å². The third-order valence-corrected chi connectivity index (χ3v) is 5.96. The number of nitrogens with zero attached hydrogens (tertiary/aromatic N) is 1. The molecule has 0 heterocycles. The highest BCUT2D eigenvalue weighted by atomic mass is 79.9. The van der Waals surface area contributed by atoms with Crippen molar-refractivity contribution < 1.29 is 13.2 Å². The molecule has 20 heavy (non-hydrogen) atoms. The maximum absolute atomic E-state index is 12.6. The molecule has 0 N–H and O–H groups in total. The fourth-order valence-electron chi connectivity index (χ4n) is 1.66. The molecule has 4 nitrogen and oxygen atoms in total. The first-order valence-corrected chi connectivity index (χ1v) is 9.05. The molecule has 0 saturated carbocycles. The van der Waals surface area contributed by atoms with Crippen molar-refractivity contribution in [3.63, 3.8) is 0 Å². The predicted octanol–water partition coefficient (Wildman–Crippen LogP) is 3.80. The molecular formula is C12H16BrCl2NO3S. The fraction of sp³-hybridized carbons (Fsp3) is 0.500. The van der Waals surface area contributed by atoms with Crippen molar-refractivity contribution in [2.75, 3.05) is 26.3 Å². The molecule has 0 saturated heterocycles. The molecule has 0 aliphatic carbocycles. The van der Waals surface area contributed by atoms with Crippen molar-refractivity contribution >= 4 is 49.2 Å². The van der Waals surface area contributed by atoms with Gasteiger partial charge in [0.2, 0.25) is 10.0 Å². The monoisotopic (exact) mass is 403 g/mol. The lowest BCUT2D eigenvalue weighted by molar-refractivity contribution is 0.135. The highest BCUT2D eigenvalue weighted by molar-refractivity contribution is 9.10. The van der Waals surface area contributed by atoms with E-state index in [-0.39, 0.29) is 21.5 Å². The minimum absolute atomic E-state index is 0.0672. The van der Waals surface area contributed by atoms with E-state index in [1.54, 1.807) is 6.92 Å². The lowest BCUT2D eigenvalue weighted by Crippen LogP contribution is -2.34. The molecule has 0 spiro atoms. The summed E-state index contributed by atoms with van der Waals surface area (Å²) in [6.45, 7) is 5.05. The summed E-state index contributed by atoms with van der Waals surface area (Å²) in [5.74, 6) is 0. The van der Waals surface area contributed by atoms with Gasteiger partial charge in [0.05, 0.1) is 16.7 Å². The summed E-state index contributed by atoms with van der Waals surface area (Å²) in [4.78, 5) is -0.0672. The van der Waals surface area contributed by atoms with Crippen LogP contribution >= 0.6 is 39.1 Å². The van der Waals surface area contributed by atoms with Crippen molar-refractivity contribution in [2.24, 2.45) is 0 Å². The molecular weight excluding hydrogens is 389 g/mol. The normalized spacial score (nSPS) is 12.1. The van der Waals surface area contributed by atoms with Gasteiger partial charge < -0.3 is 4.74 Å². The maximum atomic E-state index is 12.6. The smallest absolute Gasteiger partial charge is 0.246 e. The number of ether oxygens (including phenoxy) is 1. The molecule has 0 fully saturated rings. The SMILES string of the molecule is CCOCCN(CC)S(=O)(=O)c1c(Cl)cc(Br)cc1Cl. The van der Waals surface area contributed by atoms with E-state index < -0.39 is 10.0 Å². The Morgan fingerprint density at radius 2 is 1.80 bits per heavy atom. The molecule has 0 unspecified atom stereocenters. The van der Waals surface area contributed by atoms with Crippen LogP contribution in [0.2, 0.25) is 10.0 Å². The van der Waals surface area contributed by atoms with Crippen LogP contribution in [0.25, 0.3) is 0 Å². The van der Waals surface area contributed by atoms with Crippen molar-refractivity contribution in [2.45, 2.75) is 18.7 Å². The Morgan fingerprint density at radius 3 is 2.25 bits per heavy atom. The van der Waals surface area contributed by atoms with Crippen molar-refractivity contribution in [3.05, 3.63) is 26.7 Å². The zero-order valence-corrected chi connectivity index (χ0v) is 15.1. The van der Waals surface area contributed by atoms with Gasteiger partial charge in [0.1, 0.15) is 4.90 Å². The first-order valence-electron chi connectivity index (χ1n) is 6.07. The summed E-state index contributed by atoms with van der Waals surface area (Å²) in [6.07, 6.45) is 0. The molecule has 0 aliphatic rings. The van der Waals surface area contributed by atoms with Crippen LogP contribution in [0.5, 0.6) is 0 Å². The Morgan fingerprint density at radius 1 is 1.25 bits per heavy atom. The molecule has 0 bridgehead atoms. The van der Waals surface area contributed by atoms with E-state index in [9.17, 15) is 8.42 Å². The van der Waals surface area contributed by atoms with Gasteiger partial charge in [0.15, 0.2) is 0 Å². The minimum atomic E-state index is -3.74. The number of halogens is 3. The molecule has 1 aromatic rings. The van der Waals surface area contributed by atoms with E-state index in [0.717, 1.165) is 0 Å². The van der Waals surface area contributed by atoms with Crippen LogP contribution < -0.4 is 0 Å². The zero-order valence-electron chi connectivity index (χ0n) is 11.2. The average Bonchev–Trinajstić information content (AvgIpc) is 2.32. The minimum Gasteiger partial charge on any atom is -0.380 e. The van der Waals surface area contributed by atoms with Gasteiger partial charge in [-0.1, -0.05) is 46.1 Å². The third-order valence-electron chi connectivity index (χ3n) is 2.60. The second-order valence-corrected chi connectivity index (χ2v) is 7.50. The lowest BCUT2D eigenvalue weighted by Gasteiger charge is -2.21. The first-order chi connectivity index (χ1) is 9.34. The third kappa shape index (κ3) is 4.32. The standard InChI is InChI=1S/C12H16BrCl2NO3S/c1-3-16(5-6-19-4-2)20(17,18)12-10(14)7-9(13)8-11(12)15/h7-8H,3-6H2,1-2H3. The number of benzene rings is 1. The van der Waals surface area contributed by atoms with Gasteiger partial charge >= 0.3 is 0 Å². The van der Waals surface area contributed by atoms with Crippen LogP contribution in [0.15, 0.2) is 21.5 Å². The highest BCUT2D eigenvalue weighted by Gasteiger charge is 2.28. The van der Waals surface area contributed by atoms with Crippen LogP contribution in [0.4, 0.5) is 0 Å². The molecule has 1 rings (SSSR count). The van der Waals surface area contributed by atoms with Gasteiger partial charge in [0, 0.05) is 24.2 Å². The van der Waals surface area contributed by atoms with E-state index >= 15 is 0 Å². The molecule has 1 aromatic carbocycles. The van der Waals surface area contributed by atoms with E-state index in [2.05, 4.69) is 15.9 Å². The number of likely N-dealkylation sites (N-methyl/N-ethyl adjacent to an activating group) is 1. The van der Waals surface area contributed by atoms with Gasteiger partial charge in [0.25, 0.3) is 0 Å². The summed E-state index contributed by atoms with van der Waals surface area (Å²) in [5.41, 5.74) is 0. The lowest BCUT2D eigenvalue weighted by atomic mass is 10.4. The topological polar surface area (TPSA) is 46.6 Å². The molecule has 0 aromatic heterocycles. The Hall–Kier alpha value is 0.150. The van der Waals surface area contributed by atoms with Gasteiger partial charge in [-0.3, -0.25) is 0 Å². The predicted molar refractivity (Wildman–Crippen MR) is 85.1 cm³/mol. The first kappa shape index (κ1) is 18.2. The summed E-state index contributed by atoms with van der Waals surface area (Å²) in [7, 11) is -3.74. The van der Waals surface area contributed by atoms with Gasteiger partial charge in [-0.05, 0) is 19.1 Å². The summed E-state index contributed by atoms with van der Waals surface area (Å²) >= 11 is 15.3. The zero-order chi connectivity index (χ0) is 15.3. The second-order valence-electron chi connectivity index (χ2n) is 3.89. The molecule has 0 aliphatic heterocycles. The summed E-state index contributed by atoms with van der Waals surface area (Å²) in [5, 5.41) is 0.193. The van der Waals surface area contributed by atoms with Gasteiger partial charge in [-0.2, -0.15) is 4.31 Å². The maximum Gasteiger partial charge on any atom is 0.246 e. The van der Waals surface area contributed by atoms with Crippen LogP contribution in [0, 0.1) is 0 Å². The molecule has 8 heteroatoms. The Kier molecular flexibility index (Phi) is 7.24. The Labute approximate surface area is 138 Å². The van der Waals surface area contributed by atoms with Crippen LogP contribution in [0.1, 0.15) is 13.8 Å². The number of hydrogen-bond donors (Lipinski definition) is 0. The van der Waals surface area contributed by atoms with Crippen LogP contribution in [-0.2, 0) is 14.8 Å². The number of rotatable bonds is 7. The largest absolute Gasteiger partial charge is 0.380 e.